The van der Waals surface area contributed by atoms with E-state index in [9.17, 15) is 9.59 Å². The summed E-state index contributed by atoms with van der Waals surface area (Å²) < 4.78 is 0. The van der Waals surface area contributed by atoms with Crippen molar-refractivity contribution in [3.8, 4) is 11.1 Å². The van der Waals surface area contributed by atoms with E-state index in [2.05, 4.69) is 103 Å². The van der Waals surface area contributed by atoms with Gasteiger partial charge in [-0.25, -0.2) is 0 Å². The number of hydrogen-bond donors (Lipinski definition) is 0. The van der Waals surface area contributed by atoms with Gasteiger partial charge in [-0.2, -0.15) is 0 Å². The van der Waals surface area contributed by atoms with Crippen LogP contribution in [-0.2, 0) is 0 Å². The Labute approximate surface area is 264 Å². The molecule has 9 aromatic carbocycles. The molecule has 2 nitrogen and oxygen atoms in total. The Balaban J connectivity index is 1.08. The van der Waals surface area contributed by atoms with E-state index in [0.29, 0.717) is 22.3 Å². The van der Waals surface area contributed by atoms with Gasteiger partial charge in [0.25, 0.3) is 0 Å². The molecule has 0 bridgehead atoms. The monoisotopic (exact) mass is 584 g/mol. The van der Waals surface area contributed by atoms with Crippen LogP contribution in [0.15, 0.2) is 146 Å². The highest BCUT2D eigenvalue weighted by atomic mass is 16.1. The quantitative estimate of drug-likeness (QED) is 0.142. The minimum absolute atomic E-state index is 0.0904. The Morgan fingerprint density at radius 2 is 0.630 bits per heavy atom. The summed E-state index contributed by atoms with van der Waals surface area (Å²) in [6.45, 7) is 0. The molecule has 10 rings (SSSR count). The van der Waals surface area contributed by atoms with Gasteiger partial charge < -0.3 is 0 Å². The van der Waals surface area contributed by atoms with Gasteiger partial charge >= 0.3 is 0 Å². The average Bonchev–Trinajstić information content (AvgIpc) is 3.10. The third-order valence-corrected chi connectivity index (χ3v) is 9.83. The van der Waals surface area contributed by atoms with Crippen molar-refractivity contribution >= 4 is 76.2 Å². The Bertz CT molecular complexity index is 2840. The smallest absolute Gasteiger partial charge is 0.194 e. The molecule has 0 saturated carbocycles. The summed E-state index contributed by atoms with van der Waals surface area (Å²) >= 11 is 0. The number of carbonyl (C=O) groups excluding carboxylic acids is 2. The van der Waals surface area contributed by atoms with E-state index in [4.69, 9.17) is 0 Å². The van der Waals surface area contributed by atoms with Crippen LogP contribution in [0.1, 0.15) is 31.8 Å². The first-order valence-electron chi connectivity index (χ1n) is 15.6. The van der Waals surface area contributed by atoms with Gasteiger partial charge in [0, 0.05) is 22.3 Å². The molecular formula is C44H24O2. The van der Waals surface area contributed by atoms with Gasteiger partial charge in [-0.05, 0) is 136 Å². The zero-order chi connectivity index (χ0) is 30.5. The molecule has 0 aromatic heterocycles. The Kier molecular flexibility index (Phi) is 5.05. The Morgan fingerprint density at radius 3 is 1.28 bits per heavy atom. The molecule has 0 N–H and O–H groups in total. The summed E-state index contributed by atoms with van der Waals surface area (Å²) in [6, 6.07) is 50.6. The third-order valence-electron chi connectivity index (χ3n) is 9.83. The van der Waals surface area contributed by atoms with Gasteiger partial charge in [-0.1, -0.05) is 84.9 Å². The second-order valence-electron chi connectivity index (χ2n) is 12.5. The standard InChI is InChI=1S/C44H24O2/c45-43-37-7-3-4-8-38(37)44(46)42-24-35-17-28(10-12-30(35)22-41(42)43)27-9-11-29-18-36-23-40-32(19-34(36)20-33(29)16-27)14-13-31-15-25-5-1-2-6-26(25)21-39(31)40/h1-24H. The predicted octanol–water partition coefficient (Wildman–Crippen LogP) is 11.0. The highest BCUT2D eigenvalue weighted by molar-refractivity contribution is 6.29. The number of fused-ring (bicyclic) bond motifs is 9. The molecule has 212 valence electrons. The van der Waals surface area contributed by atoms with Crippen LogP contribution in [0.25, 0.3) is 75.8 Å². The van der Waals surface area contributed by atoms with E-state index in [1.807, 2.05) is 24.3 Å². The first kappa shape index (κ1) is 25.2. The largest absolute Gasteiger partial charge is 0.289 e. The number of rotatable bonds is 1. The van der Waals surface area contributed by atoms with Crippen LogP contribution in [0.4, 0.5) is 0 Å². The van der Waals surface area contributed by atoms with Crippen LogP contribution in [0.2, 0.25) is 0 Å². The van der Waals surface area contributed by atoms with E-state index in [0.717, 1.165) is 21.9 Å². The van der Waals surface area contributed by atoms with E-state index in [1.165, 1.54) is 53.9 Å². The number of hydrogen-bond acceptors (Lipinski definition) is 2. The van der Waals surface area contributed by atoms with Crippen molar-refractivity contribution in [3.63, 3.8) is 0 Å². The fraction of sp³-hybridized carbons (Fsp3) is 0. The zero-order valence-electron chi connectivity index (χ0n) is 24.7. The van der Waals surface area contributed by atoms with Crippen molar-refractivity contribution in [2.45, 2.75) is 0 Å². The molecule has 1 aliphatic carbocycles. The maximum absolute atomic E-state index is 13.4. The van der Waals surface area contributed by atoms with Gasteiger partial charge in [0.1, 0.15) is 0 Å². The summed E-state index contributed by atoms with van der Waals surface area (Å²) in [7, 11) is 0. The van der Waals surface area contributed by atoms with Crippen LogP contribution >= 0.6 is 0 Å². The molecule has 0 unspecified atom stereocenters. The average molecular weight is 585 g/mol. The molecular weight excluding hydrogens is 560 g/mol. The molecule has 0 atom stereocenters. The van der Waals surface area contributed by atoms with E-state index in [1.54, 1.807) is 18.2 Å². The summed E-state index contributed by atoms with van der Waals surface area (Å²) in [4.78, 5) is 26.6. The summed E-state index contributed by atoms with van der Waals surface area (Å²) in [5.74, 6) is -0.184. The van der Waals surface area contributed by atoms with Crippen molar-refractivity contribution in [3.05, 3.63) is 168 Å². The Morgan fingerprint density at radius 1 is 0.261 bits per heavy atom. The van der Waals surface area contributed by atoms with Crippen LogP contribution in [0.3, 0.4) is 0 Å². The predicted molar refractivity (Wildman–Crippen MR) is 190 cm³/mol. The third kappa shape index (κ3) is 3.65. The lowest BCUT2D eigenvalue weighted by atomic mass is 9.82. The van der Waals surface area contributed by atoms with Crippen LogP contribution in [0.5, 0.6) is 0 Å². The number of ketones is 2. The maximum Gasteiger partial charge on any atom is 0.194 e. The van der Waals surface area contributed by atoms with Crippen molar-refractivity contribution in [1.82, 2.24) is 0 Å². The molecule has 0 radical (unpaired) electrons. The lowest BCUT2D eigenvalue weighted by Gasteiger charge is -2.18. The molecule has 0 heterocycles. The number of carbonyl (C=O) groups is 2. The van der Waals surface area contributed by atoms with Gasteiger partial charge in [0.15, 0.2) is 11.6 Å². The second-order valence-corrected chi connectivity index (χ2v) is 12.5. The van der Waals surface area contributed by atoms with E-state index >= 15 is 0 Å². The first-order chi connectivity index (χ1) is 22.6. The minimum atomic E-state index is -0.0936. The van der Waals surface area contributed by atoms with Crippen molar-refractivity contribution in [2.24, 2.45) is 0 Å². The summed E-state index contributed by atoms with van der Waals surface area (Å²) in [6.07, 6.45) is 0. The van der Waals surface area contributed by atoms with Gasteiger partial charge in [-0.15, -0.1) is 0 Å². The molecule has 1 aliphatic rings. The fourth-order valence-corrected chi connectivity index (χ4v) is 7.45. The lowest BCUT2D eigenvalue weighted by Crippen LogP contribution is -2.20. The van der Waals surface area contributed by atoms with Crippen LogP contribution in [-0.4, -0.2) is 11.6 Å². The molecule has 0 aliphatic heterocycles. The van der Waals surface area contributed by atoms with Gasteiger partial charge in [0.2, 0.25) is 0 Å². The lowest BCUT2D eigenvalue weighted by molar-refractivity contribution is 0.0979. The van der Waals surface area contributed by atoms with Crippen LogP contribution in [0, 0.1) is 0 Å². The van der Waals surface area contributed by atoms with Crippen molar-refractivity contribution in [1.29, 1.82) is 0 Å². The van der Waals surface area contributed by atoms with Crippen molar-refractivity contribution < 1.29 is 9.59 Å². The van der Waals surface area contributed by atoms with E-state index in [-0.39, 0.29) is 11.6 Å². The molecule has 46 heavy (non-hydrogen) atoms. The fourth-order valence-electron chi connectivity index (χ4n) is 7.45. The van der Waals surface area contributed by atoms with E-state index < -0.39 is 0 Å². The SMILES string of the molecule is O=C1c2ccccc2C(=O)c2cc3cc(-c4ccc5cc6cc7c(ccc8cc9ccccc9cc87)cc6cc5c4)ccc3cc21. The topological polar surface area (TPSA) is 34.1 Å². The Hall–Kier alpha value is -6.12. The highest BCUT2D eigenvalue weighted by Crippen LogP contribution is 2.36. The molecule has 9 aromatic rings. The molecule has 0 fully saturated rings. The highest BCUT2D eigenvalue weighted by Gasteiger charge is 2.29. The second kappa shape index (κ2) is 9.20. The summed E-state index contributed by atoms with van der Waals surface area (Å²) in [5.41, 5.74) is 4.10. The normalized spacial score (nSPS) is 12.9. The molecule has 0 saturated heterocycles. The van der Waals surface area contributed by atoms with Crippen LogP contribution < -0.4 is 0 Å². The molecule has 0 spiro atoms. The first-order valence-corrected chi connectivity index (χ1v) is 15.6. The summed E-state index contributed by atoms with van der Waals surface area (Å²) in [5, 5.41) is 14.3. The van der Waals surface area contributed by atoms with Gasteiger partial charge in [-0.3, -0.25) is 9.59 Å². The maximum atomic E-state index is 13.4. The molecule has 0 amide bonds. The van der Waals surface area contributed by atoms with Gasteiger partial charge in [0.05, 0.1) is 0 Å². The number of benzene rings is 9. The molecule has 2 heteroatoms. The minimum Gasteiger partial charge on any atom is -0.289 e. The van der Waals surface area contributed by atoms with Crippen molar-refractivity contribution in [2.75, 3.05) is 0 Å². The zero-order valence-corrected chi connectivity index (χ0v) is 24.7.